The molecule has 0 spiro atoms. The molecule has 1 aliphatic rings. The van der Waals surface area contributed by atoms with Crippen molar-refractivity contribution in [3.05, 3.63) is 102 Å². The second-order valence-corrected chi connectivity index (χ2v) is 14.3. The number of alkyl halides is 2. The Morgan fingerprint density at radius 1 is 0.891 bits per heavy atom. The average molecular weight is 765 g/mol. The molecule has 0 saturated carbocycles. The molecule has 1 heterocycles. The van der Waals surface area contributed by atoms with Crippen LogP contribution in [0.2, 0.25) is 0 Å². The number of halogens is 2. The number of ether oxygens (including phenoxy) is 2. The van der Waals surface area contributed by atoms with Crippen LogP contribution in [0.15, 0.2) is 84.9 Å². The van der Waals surface area contributed by atoms with Gasteiger partial charge in [-0.05, 0) is 47.9 Å². The lowest BCUT2D eigenvalue weighted by Crippen LogP contribution is -2.57. The van der Waals surface area contributed by atoms with Crippen molar-refractivity contribution >= 4 is 29.8 Å². The summed E-state index contributed by atoms with van der Waals surface area (Å²) in [5, 5.41) is 17.5. The van der Waals surface area contributed by atoms with Crippen LogP contribution in [0.5, 0.6) is 5.75 Å². The predicted octanol–water partition coefficient (Wildman–Crippen LogP) is 5.48. The molecule has 5 atom stereocenters. The molecule has 1 unspecified atom stereocenters. The van der Waals surface area contributed by atoms with Crippen molar-refractivity contribution < 1.29 is 47.3 Å². The maximum absolute atomic E-state index is 14.1. The molecular weight excluding hydrogens is 714 g/mol. The largest absolute Gasteiger partial charge is 0.478 e. The molecule has 3 aromatic rings. The molecule has 4 amide bonds. The van der Waals surface area contributed by atoms with Crippen molar-refractivity contribution in [1.82, 2.24) is 20.9 Å². The SMILES string of the molecule is CC(C)COC(=O)N[C@H](C(=O)N1C[C@H](c2ccccc2)C[C@H]1C(=O)N[C@@H](CC(F)F)C(=O)NCCc1cccc(OC(C(=O)O)c2ccccc2)c1)C(C)C. The summed E-state index contributed by atoms with van der Waals surface area (Å²) in [6, 6.07) is 20.6. The van der Waals surface area contributed by atoms with Gasteiger partial charge in [0, 0.05) is 31.0 Å². The minimum atomic E-state index is -2.93. The lowest BCUT2D eigenvalue weighted by atomic mass is 9.96. The van der Waals surface area contributed by atoms with Gasteiger partial charge in [0.1, 0.15) is 23.9 Å². The molecule has 4 N–H and O–H groups in total. The van der Waals surface area contributed by atoms with Gasteiger partial charge in [-0.25, -0.2) is 18.4 Å². The lowest BCUT2D eigenvalue weighted by molar-refractivity contribution is -0.145. The van der Waals surface area contributed by atoms with E-state index in [0.29, 0.717) is 11.1 Å². The summed E-state index contributed by atoms with van der Waals surface area (Å²) in [7, 11) is 0. The fourth-order valence-corrected chi connectivity index (χ4v) is 6.33. The summed E-state index contributed by atoms with van der Waals surface area (Å²) in [5.74, 6) is -3.61. The fourth-order valence-electron chi connectivity index (χ4n) is 6.33. The van der Waals surface area contributed by atoms with Crippen LogP contribution in [0, 0.1) is 11.8 Å². The highest BCUT2D eigenvalue weighted by Crippen LogP contribution is 2.33. The number of aliphatic carboxylic acids is 1. The van der Waals surface area contributed by atoms with Gasteiger partial charge in [0.25, 0.3) is 0 Å². The van der Waals surface area contributed by atoms with Crippen LogP contribution in [0.25, 0.3) is 0 Å². The summed E-state index contributed by atoms with van der Waals surface area (Å²) < 4.78 is 38.6. The Balaban J connectivity index is 1.45. The van der Waals surface area contributed by atoms with E-state index in [1.807, 2.05) is 44.2 Å². The third-order valence-electron chi connectivity index (χ3n) is 9.15. The van der Waals surface area contributed by atoms with Gasteiger partial charge in [0.15, 0.2) is 0 Å². The summed E-state index contributed by atoms with van der Waals surface area (Å²) in [6.45, 7) is 7.52. The maximum atomic E-state index is 14.1. The van der Waals surface area contributed by atoms with Crippen LogP contribution in [-0.2, 0) is 30.3 Å². The van der Waals surface area contributed by atoms with E-state index < -0.39 is 66.9 Å². The second-order valence-electron chi connectivity index (χ2n) is 14.3. The highest BCUT2D eigenvalue weighted by Gasteiger charge is 2.44. The maximum Gasteiger partial charge on any atom is 0.407 e. The first-order valence-corrected chi connectivity index (χ1v) is 18.4. The molecular formula is C41H50F2N4O8. The molecule has 3 aromatic carbocycles. The normalized spacial score (nSPS) is 17.0. The number of alkyl carbamates (subject to hydrolysis) is 1. The van der Waals surface area contributed by atoms with Crippen LogP contribution in [-0.4, -0.2) is 84.0 Å². The summed E-state index contributed by atoms with van der Waals surface area (Å²) in [6.07, 6.45) is -5.50. The number of carbonyl (C=O) groups is 5. The Bertz CT molecular complexity index is 1740. The number of rotatable bonds is 18. The van der Waals surface area contributed by atoms with E-state index in [2.05, 4.69) is 16.0 Å². The molecule has 4 rings (SSSR count). The number of carboxylic acid groups (broad SMARTS) is 1. The second kappa shape index (κ2) is 20.2. The third kappa shape index (κ3) is 12.5. The van der Waals surface area contributed by atoms with Crippen LogP contribution >= 0.6 is 0 Å². The van der Waals surface area contributed by atoms with E-state index in [1.165, 1.54) is 4.90 Å². The van der Waals surface area contributed by atoms with Gasteiger partial charge in [-0.1, -0.05) is 100 Å². The zero-order chi connectivity index (χ0) is 40.1. The molecule has 296 valence electrons. The van der Waals surface area contributed by atoms with E-state index in [4.69, 9.17) is 9.47 Å². The smallest absolute Gasteiger partial charge is 0.407 e. The van der Waals surface area contributed by atoms with Crippen LogP contribution in [0.3, 0.4) is 0 Å². The van der Waals surface area contributed by atoms with Gasteiger partial charge in [0.2, 0.25) is 30.3 Å². The fraction of sp³-hybridized carbons (Fsp3) is 0.439. The number of likely N-dealkylation sites (tertiary alicyclic amines) is 1. The number of nitrogens with one attached hydrogen (secondary N) is 3. The van der Waals surface area contributed by atoms with Gasteiger partial charge in [0.05, 0.1) is 6.61 Å². The topological polar surface area (TPSA) is 163 Å². The van der Waals surface area contributed by atoms with Crippen LogP contribution in [0.4, 0.5) is 13.6 Å². The molecule has 1 aliphatic heterocycles. The average Bonchev–Trinajstić information content (AvgIpc) is 3.61. The predicted molar refractivity (Wildman–Crippen MR) is 200 cm³/mol. The molecule has 14 heteroatoms. The standard InChI is InChI=1S/C41H50F2N4O8/c1-25(2)24-54-41(53)46-35(26(3)4)39(50)47-23-30(28-13-7-5-8-14-28)21-33(47)38(49)45-32(22-34(42)43)37(48)44-19-18-27-12-11-17-31(20-27)55-36(40(51)52)29-15-9-6-10-16-29/h5-17,20,25-26,30,32-36H,18-19,21-24H2,1-4H3,(H,44,48)(H,45,49)(H,46,53)(H,51,52)/t30-,32+,33+,35+,36?/m1/s1. The van der Waals surface area contributed by atoms with E-state index in [-0.39, 0.29) is 56.0 Å². The van der Waals surface area contributed by atoms with Crippen molar-refractivity contribution in [2.24, 2.45) is 11.8 Å². The molecule has 0 aromatic heterocycles. The van der Waals surface area contributed by atoms with Crippen molar-refractivity contribution in [3.63, 3.8) is 0 Å². The van der Waals surface area contributed by atoms with E-state index in [1.54, 1.807) is 68.4 Å². The van der Waals surface area contributed by atoms with Gasteiger partial charge >= 0.3 is 12.1 Å². The number of carbonyl (C=O) groups excluding carboxylic acids is 4. The zero-order valence-electron chi connectivity index (χ0n) is 31.5. The van der Waals surface area contributed by atoms with Gasteiger partial charge < -0.3 is 35.4 Å². The van der Waals surface area contributed by atoms with E-state index in [0.717, 1.165) is 5.56 Å². The molecule has 0 radical (unpaired) electrons. The lowest BCUT2D eigenvalue weighted by Gasteiger charge is -2.31. The first-order valence-electron chi connectivity index (χ1n) is 18.4. The number of nitrogens with zero attached hydrogens (tertiary/aromatic N) is 1. The number of amides is 4. The Hall–Kier alpha value is -5.53. The van der Waals surface area contributed by atoms with Gasteiger partial charge in [-0.2, -0.15) is 0 Å². The molecule has 1 fully saturated rings. The molecule has 0 bridgehead atoms. The van der Waals surface area contributed by atoms with Crippen molar-refractivity contribution in [2.75, 3.05) is 19.7 Å². The number of hydrogen-bond donors (Lipinski definition) is 4. The monoisotopic (exact) mass is 764 g/mol. The minimum absolute atomic E-state index is 0.0116. The molecule has 1 saturated heterocycles. The summed E-state index contributed by atoms with van der Waals surface area (Å²) in [5.41, 5.74) is 2.01. The zero-order valence-corrected chi connectivity index (χ0v) is 31.5. The van der Waals surface area contributed by atoms with Crippen molar-refractivity contribution in [1.29, 1.82) is 0 Å². The first-order chi connectivity index (χ1) is 26.2. The van der Waals surface area contributed by atoms with E-state index in [9.17, 15) is 37.9 Å². The van der Waals surface area contributed by atoms with Crippen LogP contribution < -0.4 is 20.7 Å². The molecule has 55 heavy (non-hydrogen) atoms. The number of benzene rings is 3. The molecule has 0 aliphatic carbocycles. The van der Waals surface area contributed by atoms with Crippen molar-refractivity contribution in [3.8, 4) is 5.75 Å². The minimum Gasteiger partial charge on any atom is -0.478 e. The number of carboxylic acids is 1. The Labute approximate surface area is 320 Å². The van der Waals surface area contributed by atoms with Crippen molar-refractivity contribution in [2.45, 2.75) is 83.5 Å². The Kier molecular flexibility index (Phi) is 15.5. The van der Waals surface area contributed by atoms with Gasteiger partial charge in [-0.15, -0.1) is 0 Å². The first kappa shape index (κ1) is 42.2. The quantitative estimate of drug-likeness (QED) is 0.132. The summed E-state index contributed by atoms with van der Waals surface area (Å²) >= 11 is 0. The highest BCUT2D eigenvalue weighted by molar-refractivity contribution is 5.94. The summed E-state index contributed by atoms with van der Waals surface area (Å²) in [4.78, 5) is 67.1. The highest BCUT2D eigenvalue weighted by atomic mass is 19.3. The Morgan fingerprint density at radius 3 is 2.18 bits per heavy atom. The van der Waals surface area contributed by atoms with E-state index >= 15 is 0 Å². The number of hydrogen-bond acceptors (Lipinski definition) is 7. The Morgan fingerprint density at radius 2 is 1.56 bits per heavy atom. The molecule has 12 nitrogen and oxygen atoms in total. The third-order valence-corrected chi connectivity index (χ3v) is 9.15. The van der Waals surface area contributed by atoms with Crippen LogP contribution in [0.1, 0.15) is 69.2 Å². The van der Waals surface area contributed by atoms with Gasteiger partial charge in [-0.3, -0.25) is 14.4 Å².